The second-order valence-electron chi connectivity index (χ2n) is 2.63. The molecule has 1 heterocycles. The van der Waals surface area contributed by atoms with Crippen LogP contribution in [0.15, 0.2) is 23.4 Å². The van der Waals surface area contributed by atoms with Gasteiger partial charge in [0.05, 0.1) is 5.52 Å². The van der Waals surface area contributed by atoms with Gasteiger partial charge < -0.3 is 9.54 Å². The van der Waals surface area contributed by atoms with E-state index in [0.717, 1.165) is 6.07 Å². The van der Waals surface area contributed by atoms with Crippen LogP contribution in [0.4, 0.5) is 4.39 Å². The number of nitrogens with one attached hydrogen (secondary N) is 1. The van der Waals surface area contributed by atoms with Crippen molar-refractivity contribution in [3.63, 3.8) is 0 Å². The number of rotatable bonds is 1. The molecule has 0 aliphatic rings. The van der Waals surface area contributed by atoms with E-state index in [-0.39, 0.29) is 11.0 Å². The smallest absolute Gasteiger partial charge is 0.213 e. The Bertz CT molecular complexity index is 590. The van der Waals surface area contributed by atoms with Crippen LogP contribution in [0.2, 0.25) is 0 Å². The van der Waals surface area contributed by atoms with E-state index in [9.17, 15) is 17.4 Å². The Kier molecular flexibility index (Phi) is 1.79. The number of nitrogens with zero attached hydrogens (tertiary/aromatic N) is 1. The molecule has 0 aliphatic heterocycles. The number of hydrogen-bond donors (Lipinski definition) is 1. The summed E-state index contributed by atoms with van der Waals surface area (Å²) in [6.45, 7) is 0. The molecule has 0 amide bonds. The van der Waals surface area contributed by atoms with E-state index in [1.165, 1.54) is 12.1 Å². The first-order chi connectivity index (χ1) is 6.48. The van der Waals surface area contributed by atoms with Gasteiger partial charge in [-0.1, -0.05) is 6.07 Å². The highest BCUT2D eigenvalue weighted by Gasteiger charge is 2.10. The lowest BCUT2D eigenvalue weighted by Gasteiger charge is -1.99. The van der Waals surface area contributed by atoms with Gasteiger partial charge in [0.1, 0.15) is 5.52 Å². The molecule has 0 fully saturated rings. The predicted molar refractivity (Wildman–Crippen MR) is 44.0 cm³/mol. The molecule has 1 aromatic carbocycles. The lowest BCUT2D eigenvalue weighted by Crippen LogP contribution is -2.00. The molecule has 0 unspecified atom stereocenters. The molecular formula is C7H4FN2O3S-. The third-order valence-electron chi connectivity index (χ3n) is 1.68. The van der Waals surface area contributed by atoms with Gasteiger partial charge in [0, 0.05) is 0 Å². The summed E-state index contributed by atoms with van der Waals surface area (Å²) >= 11 is 0. The summed E-state index contributed by atoms with van der Waals surface area (Å²) in [5, 5.41) is -0.766. The molecule has 14 heavy (non-hydrogen) atoms. The van der Waals surface area contributed by atoms with Gasteiger partial charge in [-0.15, -0.1) is 0 Å². The number of hydrogen-bond acceptors (Lipinski definition) is 4. The van der Waals surface area contributed by atoms with Gasteiger partial charge in [-0.25, -0.2) is 17.8 Å². The average molecular weight is 215 g/mol. The molecule has 5 nitrogen and oxygen atoms in total. The van der Waals surface area contributed by atoms with E-state index < -0.39 is 21.1 Å². The van der Waals surface area contributed by atoms with Gasteiger partial charge in [-0.2, -0.15) is 0 Å². The van der Waals surface area contributed by atoms with Crippen LogP contribution >= 0.6 is 0 Å². The van der Waals surface area contributed by atoms with E-state index in [0.29, 0.717) is 0 Å². The molecule has 1 N–H and O–H groups in total. The van der Waals surface area contributed by atoms with Gasteiger partial charge >= 0.3 is 0 Å². The van der Waals surface area contributed by atoms with Crippen molar-refractivity contribution in [2.24, 2.45) is 0 Å². The lowest BCUT2D eigenvalue weighted by molar-refractivity contribution is 0.456. The molecule has 0 atom stereocenters. The van der Waals surface area contributed by atoms with E-state index in [1.807, 2.05) is 0 Å². The van der Waals surface area contributed by atoms with Gasteiger partial charge in [0.25, 0.3) is 0 Å². The van der Waals surface area contributed by atoms with Crippen LogP contribution in [0.1, 0.15) is 0 Å². The SMILES string of the molecule is O=S(=O)([O-])c1nc2c(F)cccc2[nH]1. The summed E-state index contributed by atoms with van der Waals surface area (Å²) in [7, 11) is -4.66. The first-order valence-corrected chi connectivity index (χ1v) is 4.99. The molecule has 0 radical (unpaired) electrons. The average Bonchev–Trinajstić information content (AvgIpc) is 2.48. The Morgan fingerprint density at radius 3 is 2.71 bits per heavy atom. The minimum atomic E-state index is -4.66. The van der Waals surface area contributed by atoms with Crippen LogP contribution in [0, 0.1) is 5.82 Å². The van der Waals surface area contributed by atoms with Crippen LogP contribution in [0.5, 0.6) is 0 Å². The summed E-state index contributed by atoms with van der Waals surface area (Å²) in [6, 6.07) is 3.95. The molecule has 0 saturated heterocycles. The van der Waals surface area contributed by atoms with Crippen LogP contribution in [0.25, 0.3) is 11.0 Å². The summed E-state index contributed by atoms with van der Waals surface area (Å²) in [5.41, 5.74) is 0.0290. The monoisotopic (exact) mass is 215 g/mol. The van der Waals surface area contributed by atoms with Crippen molar-refractivity contribution in [2.75, 3.05) is 0 Å². The first kappa shape index (κ1) is 9.10. The molecule has 1 aromatic heterocycles. The van der Waals surface area contributed by atoms with Crippen LogP contribution in [-0.4, -0.2) is 22.9 Å². The molecule has 0 saturated carbocycles. The number of aromatic amines is 1. The van der Waals surface area contributed by atoms with Crippen molar-refractivity contribution in [3.05, 3.63) is 24.0 Å². The largest absolute Gasteiger partial charge is 0.742 e. The van der Waals surface area contributed by atoms with E-state index in [1.54, 1.807) is 0 Å². The molecule has 74 valence electrons. The van der Waals surface area contributed by atoms with Crippen LogP contribution < -0.4 is 0 Å². The number of para-hydroxylation sites is 1. The zero-order valence-electron chi connectivity index (χ0n) is 6.69. The molecule has 2 rings (SSSR count). The van der Waals surface area contributed by atoms with Gasteiger partial charge in [-0.05, 0) is 12.1 Å². The topological polar surface area (TPSA) is 85.9 Å². The number of aromatic nitrogens is 2. The van der Waals surface area contributed by atoms with Crippen molar-refractivity contribution in [2.45, 2.75) is 5.16 Å². The maximum absolute atomic E-state index is 13.0. The second kappa shape index (κ2) is 2.76. The summed E-state index contributed by atoms with van der Waals surface area (Å²) in [6.07, 6.45) is 0. The summed E-state index contributed by atoms with van der Waals surface area (Å²) in [5.74, 6) is -0.673. The zero-order chi connectivity index (χ0) is 10.3. The van der Waals surface area contributed by atoms with Crippen molar-refractivity contribution in [3.8, 4) is 0 Å². The van der Waals surface area contributed by atoms with Gasteiger partial charge in [0.2, 0.25) is 5.16 Å². The zero-order valence-corrected chi connectivity index (χ0v) is 7.51. The van der Waals surface area contributed by atoms with Crippen molar-refractivity contribution in [1.82, 2.24) is 9.97 Å². The Labute approximate surface area is 78.3 Å². The number of benzene rings is 1. The summed E-state index contributed by atoms with van der Waals surface area (Å²) < 4.78 is 44.6. The maximum atomic E-state index is 13.0. The highest BCUT2D eigenvalue weighted by molar-refractivity contribution is 7.85. The fraction of sp³-hybridized carbons (Fsp3) is 0. The first-order valence-electron chi connectivity index (χ1n) is 3.58. The number of H-pyrrole nitrogens is 1. The minimum absolute atomic E-state index is 0.151. The van der Waals surface area contributed by atoms with Crippen LogP contribution in [0.3, 0.4) is 0 Å². The molecule has 0 bridgehead atoms. The Morgan fingerprint density at radius 1 is 1.43 bits per heavy atom. The third kappa shape index (κ3) is 1.36. The number of fused-ring (bicyclic) bond motifs is 1. The van der Waals surface area contributed by atoms with E-state index in [2.05, 4.69) is 9.97 Å². The molecule has 2 aromatic rings. The summed E-state index contributed by atoms with van der Waals surface area (Å²) in [4.78, 5) is 5.58. The standard InChI is InChI=1S/C7H5FN2O3S/c8-4-2-1-3-5-6(4)10-7(9-5)14(11,12)13/h1-3H,(H,9,10)(H,11,12,13)/p-1. The van der Waals surface area contributed by atoms with Crippen LogP contribution in [-0.2, 0) is 10.1 Å². The van der Waals surface area contributed by atoms with Gasteiger partial charge in [-0.3, -0.25) is 0 Å². The number of halogens is 1. The maximum Gasteiger partial charge on any atom is 0.213 e. The molecule has 0 spiro atoms. The Morgan fingerprint density at radius 2 is 2.14 bits per heavy atom. The fourth-order valence-corrected chi connectivity index (χ4v) is 1.53. The molecule has 7 heteroatoms. The quantitative estimate of drug-likeness (QED) is 0.706. The molecular weight excluding hydrogens is 211 g/mol. The minimum Gasteiger partial charge on any atom is -0.742 e. The normalized spacial score (nSPS) is 12.1. The predicted octanol–water partition coefficient (Wildman–Crippen LogP) is 0.606. The Hall–Kier alpha value is -1.47. The highest BCUT2D eigenvalue weighted by Crippen LogP contribution is 2.16. The van der Waals surface area contributed by atoms with Crippen molar-refractivity contribution < 1.29 is 17.4 Å². The second-order valence-corrected chi connectivity index (χ2v) is 3.93. The number of imidazole rings is 1. The Balaban J connectivity index is 2.81. The van der Waals surface area contributed by atoms with Crippen molar-refractivity contribution >= 4 is 21.2 Å². The fourth-order valence-electron chi connectivity index (χ4n) is 1.09. The third-order valence-corrected chi connectivity index (χ3v) is 2.35. The van der Waals surface area contributed by atoms with Crippen molar-refractivity contribution in [1.29, 1.82) is 0 Å². The lowest BCUT2D eigenvalue weighted by atomic mass is 10.3. The molecule has 0 aliphatic carbocycles. The van der Waals surface area contributed by atoms with E-state index in [4.69, 9.17) is 0 Å². The highest BCUT2D eigenvalue weighted by atomic mass is 32.2. The van der Waals surface area contributed by atoms with Gasteiger partial charge in [0.15, 0.2) is 15.9 Å². The van der Waals surface area contributed by atoms with E-state index >= 15 is 0 Å².